The van der Waals surface area contributed by atoms with Crippen molar-refractivity contribution in [2.45, 2.75) is 24.6 Å². The lowest BCUT2D eigenvalue weighted by molar-refractivity contribution is -0.312. The second kappa shape index (κ2) is 9.86. The average molecular weight is 485 g/mol. The second-order valence-electron chi connectivity index (χ2n) is 5.64. The summed E-state index contributed by atoms with van der Waals surface area (Å²) < 4.78 is 124. The summed E-state index contributed by atoms with van der Waals surface area (Å²) in [6.07, 6.45) is -22.3. The molecule has 1 aromatic carbocycles. The van der Waals surface area contributed by atoms with Crippen molar-refractivity contribution < 1.29 is 68.4 Å². The minimum Gasteiger partial charge on any atom is -0.497 e. The summed E-state index contributed by atoms with van der Waals surface area (Å²) in [5.41, 5.74) is -2.32. The molecule has 7 nitrogen and oxygen atoms in total. The smallest absolute Gasteiger partial charge is 0.434 e. The van der Waals surface area contributed by atoms with Gasteiger partial charge in [0.1, 0.15) is 5.75 Å². The number of nitrogens with one attached hydrogen (secondary N) is 1. The van der Waals surface area contributed by atoms with Crippen LogP contribution in [0.25, 0.3) is 0 Å². The number of carbonyl (C=O) groups is 2. The standard InChI is InChI=1S/C16H12F9NO6/c1-30-8-4-2-7(3-5-8)26-10(27)9(11(28)31-6-14(17,18)19)12(29)32-13(15(20,21)22)16(23,24)25/h2-5,13,28H,6H2,1H3,(H,26,27)/b11-9-. The lowest BCUT2D eigenvalue weighted by atomic mass is 10.2. The van der Waals surface area contributed by atoms with Gasteiger partial charge in [0.2, 0.25) is 5.57 Å². The summed E-state index contributed by atoms with van der Waals surface area (Å²) in [5, 5.41) is 11.3. The van der Waals surface area contributed by atoms with E-state index in [0.29, 0.717) is 0 Å². The van der Waals surface area contributed by atoms with E-state index in [2.05, 4.69) is 9.47 Å². The molecule has 0 fully saturated rings. The number of ether oxygens (including phenoxy) is 3. The molecule has 0 saturated heterocycles. The summed E-state index contributed by atoms with van der Waals surface area (Å²) in [4.78, 5) is 24.0. The van der Waals surface area contributed by atoms with Gasteiger partial charge in [-0.25, -0.2) is 4.79 Å². The zero-order valence-corrected chi connectivity index (χ0v) is 15.5. The molecule has 16 heteroatoms. The minimum atomic E-state index is -6.20. The Labute approximate surface area is 172 Å². The van der Waals surface area contributed by atoms with Crippen LogP contribution in [-0.2, 0) is 19.1 Å². The third kappa shape index (κ3) is 8.07. The van der Waals surface area contributed by atoms with Crippen molar-refractivity contribution in [3.05, 3.63) is 35.8 Å². The van der Waals surface area contributed by atoms with E-state index in [4.69, 9.17) is 4.74 Å². The Morgan fingerprint density at radius 2 is 1.47 bits per heavy atom. The molecule has 32 heavy (non-hydrogen) atoms. The maximum absolute atomic E-state index is 12.6. The van der Waals surface area contributed by atoms with Crippen molar-refractivity contribution in [2.75, 3.05) is 19.0 Å². The molecule has 0 aromatic heterocycles. The van der Waals surface area contributed by atoms with Crippen LogP contribution in [0, 0.1) is 0 Å². The van der Waals surface area contributed by atoms with E-state index in [1.54, 1.807) is 5.32 Å². The molecule has 1 amide bonds. The minimum absolute atomic E-state index is 0.243. The number of aliphatic hydroxyl groups excluding tert-OH is 1. The van der Waals surface area contributed by atoms with E-state index in [0.717, 1.165) is 12.1 Å². The first-order chi connectivity index (χ1) is 14.5. The van der Waals surface area contributed by atoms with Crippen molar-refractivity contribution in [1.29, 1.82) is 0 Å². The molecule has 2 N–H and O–H groups in total. The number of esters is 1. The molecule has 1 aromatic rings. The summed E-state index contributed by atoms with van der Waals surface area (Å²) in [7, 11) is 1.26. The number of methoxy groups -OCH3 is 1. The Morgan fingerprint density at radius 3 is 1.88 bits per heavy atom. The van der Waals surface area contributed by atoms with Crippen molar-refractivity contribution in [2.24, 2.45) is 0 Å². The van der Waals surface area contributed by atoms with Gasteiger partial charge in [0.05, 0.1) is 7.11 Å². The molecular weight excluding hydrogens is 473 g/mol. The number of amides is 1. The zero-order valence-electron chi connectivity index (χ0n) is 15.5. The first-order valence-electron chi connectivity index (χ1n) is 7.88. The van der Waals surface area contributed by atoms with Crippen LogP contribution >= 0.6 is 0 Å². The fraction of sp³-hybridized carbons (Fsp3) is 0.375. The third-order valence-corrected chi connectivity index (χ3v) is 3.18. The lowest BCUT2D eigenvalue weighted by Crippen LogP contribution is -2.46. The predicted molar refractivity (Wildman–Crippen MR) is 85.3 cm³/mol. The topological polar surface area (TPSA) is 94.1 Å². The number of aliphatic hydroxyl groups is 1. The molecule has 0 unspecified atom stereocenters. The molecule has 0 aliphatic carbocycles. The van der Waals surface area contributed by atoms with E-state index in [1.807, 2.05) is 0 Å². The highest BCUT2D eigenvalue weighted by Crippen LogP contribution is 2.36. The number of carbonyl (C=O) groups excluding carboxylic acids is 2. The Kier molecular flexibility index (Phi) is 8.23. The van der Waals surface area contributed by atoms with Crippen LogP contribution in [0.5, 0.6) is 5.75 Å². The molecule has 0 aliphatic rings. The molecule has 0 radical (unpaired) electrons. The van der Waals surface area contributed by atoms with Gasteiger partial charge in [0.15, 0.2) is 6.61 Å². The quantitative estimate of drug-likeness (QED) is 0.151. The number of halogens is 9. The largest absolute Gasteiger partial charge is 0.497 e. The molecule has 0 spiro atoms. The maximum Gasteiger partial charge on any atom is 0.434 e. The molecule has 0 saturated carbocycles. The normalized spacial score (nSPS) is 13.3. The van der Waals surface area contributed by atoms with Crippen LogP contribution in [0.15, 0.2) is 35.8 Å². The summed E-state index contributed by atoms with van der Waals surface area (Å²) in [5.74, 6) is -6.66. The van der Waals surface area contributed by atoms with Gasteiger partial charge in [0, 0.05) is 5.69 Å². The van der Waals surface area contributed by atoms with Gasteiger partial charge in [-0.05, 0) is 24.3 Å². The zero-order chi connectivity index (χ0) is 24.9. The van der Waals surface area contributed by atoms with E-state index in [-0.39, 0.29) is 11.4 Å². The SMILES string of the molecule is COc1ccc(NC(=O)/C(C(=O)OC(C(F)(F)F)C(F)(F)F)=C(\O)OCC(F)(F)F)cc1. The predicted octanol–water partition coefficient (Wildman–Crippen LogP) is 4.02. The van der Waals surface area contributed by atoms with Crippen molar-refractivity contribution in [1.82, 2.24) is 0 Å². The number of benzene rings is 1. The number of hydrogen-bond acceptors (Lipinski definition) is 6. The Balaban J connectivity index is 3.29. The first kappa shape index (κ1) is 26.7. The van der Waals surface area contributed by atoms with Crippen LogP contribution in [-0.4, -0.2) is 55.3 Å². The van der Waals surface area contributed by atoms with Crippen molar-refractivity contribution >= 4 is 17.6 Å². The van der Waals surface area contributed by atoms with Gasteiger partial charge in [-0.3, -0.25) is 4.79 Å². The van der Waals surface area contributed by atoms with Gasteiger partial charge in [-0.2, -0.15) is 39.5 Å². The molecule has 1 rings (SSSR count). The Bertz CT molecular complexity index is 830. The van der Waals surface area contributed by atoms with Crippen molar-refractivity contribution in [3.8, 4) is 5.75 Å². The van der Waals surface area contributed by atoms with Gasteiger partial charge >= 0.3 is 24.5 Å². The van der Waals surface area contributed by atoms with Gasteiger partial charge in [-0.15, -0.1) is 0 Å². The van der Waals surface area contributed by atoms with Crippen LogP contribution in [0.3, 0.4) is 0 Å². The van der Waals surface area contributed by atoms with Crippen LogP contribution < -0.4 is 10.1 Å². The van der Waals surface area contributed by atoms with E-state index in [9.17, 15) is 54.2 Å². The molecule has 180 valence electrons. The van der Waals surface area contributed by atoms with Crippen molar-refractivity contribution in [3.63, 3.8) is 0 Å². The van der Waals surface area contributed by atoms with Crippen LogP contribution in [0.2, 0.25) is 0 Å². The maximum atomic E-state index is 12.6. The Hall–Kier alpha value is -3.33. The van der Waals surface area contributed by atoms with Gasteiger partial charge < -0.3 is 24.6 Å². The Morgan fingerprint density at radius 1 is 0.969 bits per heavy atom. The molecule has 0 atom stereocenters. The number of anilines is 1. The fourth-order valence-electron chi connectivity index (χ4n) is 1.85. The van der Waals surface area contributed by atoms with Gasteiger partial charge in [-0.1, -0.05) is 0 Å². The molecule has 0 aliphatic heterocycles. The number of hydrogen-bond donors (Lipinski definition) is 2. The highest BCUT2D eigenvalue weighted by molar-refractivity contribution is 6.21. The first-order valence-corrected chi connectivity index (χ1v) is 7.88. The molecular formula is C16H12F9NO6. The number of rotatable bonds is 7. The summed E-state index contributed by atoms with van der Waals surface area (Å²) >= 11 is 0. The summed E-state index contributed by atoms with van der Waals surface area (Å²) in [6, 6.07) is 4.62. The van der Waals surface area contributed by atoms with E-state index >= 15 is 0 Å². The van der Waals surface area contributed by atoms with Crippen LogP contribution in [0.1, 0.15) is 0 Å². The highest BCUT2D eigenvalue weighted by atomic mass is 19.4. The van der Waals surface area contributed by atoms with E-state index < -0.39 is 54.6 Å². The fourth-order valence-corrected chi connectivity index (χ4v) is 1.85. The third-order valence-electron chi connectivity index (χ3n) is 3.18. The average Bonchev–Trinajstić information content (AvgIpc) is 2.63. The van der Waals surface area contributed by atoms with Gasteiger partial charge in [0.25, 0.3) is 18.0 Å². The van der Waals surface area contributed by atoms with E-state index in [1.165, 1.54) is 19.2 Å². The lowest BCUT2D eigenvalue weighted by Gasteiger charge is -2.23. The number of alkyl halides is 9. The van der Waals surface area contributed by atoms with Crippen LogP contribution in [0.4, 0.5) is 45.2 Å². The molecule has 0 heterocycles. The monoisotopic (exact) mass is 485 g/mol. The second-order valence-corrected chi connectivity index (χ2v) is 5.64. The summed E-state index contributed by atoms with van der Waals surface area (Å²) in [6.45, 7) is -2.34. The molecule has 0 bridgehead atoms. The highest BCUT2D eigenvalue weighted by Gasteiger charge is 2.60.